The number of allylic oxidation sites excluding steroid dienone is 1. The first-order valence-electron chi connectivity index (χ1n) is 13.1. The van der Waals surface area contributed by atoms with Gasteiger partial charge in [-0.1, -0.05) is 31.2 Å². The summed E-state index contributed by atoms with van der Waals surface area (Å²) < 4.78 is 17.4. The van der Waals surface area contributed by atoms with Gasteiger partial charge in [0.05, 0.1) is 24.9 Å². The van der Waals surface area contributed by atoms with Gasteiger partial charge in [-0.2, -0.15) is 0 Å². The van der Waals surface area contributed by atoms with Crippen LogP contribution in [0.4, 0.5) is 0 Å². The number of rotatable bonds is 5. The van der Waals surface area contributed by atoms with E-state index in [2.05, 4.69) is 6.58 Å². The van der Waals surface area contributed by atoms with Crippen LogP contribution in [0.3, 0.4) is 0 Å². The number of fused-ring (bicyclic) bond motifs is 1. The van der Waals surface area contributed by atoms with Gasteiger partial charge in [-0.05, 0) is 38.3 Å². The minimum Gasteiger partial charge on any atom is -0.462 e. The van der Waals surface area contributed by atoms with Crippen molar-refractivity contribution in [1.82, 2.24) is 0 Å². The Morgan fingerprint density at radius 3 is 2.53 bits per heavy atom. The van der Waals surface area contributed by atoms with Crippen molar-refractivity contribution < 1.29 is 43.9 Å². The molecule has 38 heavy (non-hydrogen) atoms. The summed E-state index contributed by atoms with van der Waals surface area (Å²) in [5.41, 5.74) is -4.82. The Balaban J connectivity index is 1.60. The van der Waals surface area contributed by atoms with Crippen molar-refractivity contribution in [2.45, 2.75) is 70.1 Å². The maximum atomic E-state index is 13.4. The lowest BCUT2D eigenvalue weighted by Crippen LogP contribution is -2.79. The second-order valence-corrected chi connectivity index (χ2v) is 12.2. The van der Waals surface area contributed by atoms with Gasteiger partial charge in [-0.15, -0.1) is 6.58 Å². The largest absolute Gasteiger partial charge is 0.462 e. The molecule has 3 N–H and O–H groups in total. The highest BCUT2D eigenvalue weighted by molar-refractivity contribution is 5.89. The summed E-state index contributed by atoms with van der Waals surface area (Å²) in [7, 11) is 0. The number of hydrogen-bond acceptors (Lipinski definition) is 9. The molecule has 9 nitrogen and oxygen atoms in total. The fraction of sp³-hybridized carbons (Fsp3) is 0.621. The van der Waals surface area contributed by atoms with Gasteiger partial charge < -0.3 is 29.5 Å². The maximum absolute atomic E-state index is 13.4. The second-order valence-electron chi connectivity index (χ2n) is 12.2. The number of aliphatic hydroxyl groups excluding tert-OH is 1. The molecule has 4 fully saturated rings. The van der Waals surface area contributed by atoms with E-state index in [1.165, 1.54) is 13.0 Å². The lowest BCUT2D eigenvalue weighted by Gasteiger charge is -2.67. The van der Waals surface area contributed by atoms with E-state index in [1.54, 1.807) is 37.3 Å². The van der Waals surface area contributed by atoms with Crippen LogP contribution < -0.4 is 0 Å². The Kier molecular flexibility index (Phi) is 6.19. The van der Waals surface area contributed by atoms with Crippen LogP contribution in [0.25, 0.3) is 0 Å². The van der Waals surface area contributed by atoms with E-state index in [1.807, 2.05) is 6.92 Å². The second kappa shape index (κ2) is 8.71. The number of Topliss-reactive ketones (excluding diaryl/α,β-unsaturated/α-hetero) is 1. The monoisotopic (exact) mass is 528 g/mol. The Bertz CT molecular complexity index is 1170. The smallest absolute Gasteiger partial charge is 0.338 e. The van der Waals surface area contributed by atoms with Crippen LogP contribution in [0.5, 0.6) is 0 Å². The Labute approximate surface area is 221 Å². The predicted octanol–water partition coefficient (Wildman–Crippen LogP) is 2.17. The van der Waals surface area contributed by atoms with Gasteiger partial charge >= 0.3 is 11.9 Å². The van der Waals surface area contributed by atoms with Crippen molar-refractivity contribution in [2.24, 2.45) is 28.1 Å². The zero-order valence-corrected chi connectivity index (χ0v) is 22.0. The highest BCUT2D eigenvalue weighted by Crippen LogP contribution is 2.72. The van der Waals surface area contributed by atoms with E-state index in [0.29, 0.717) is 12.0 Å². The molecule has 4 aliphatic rings. The van der Waals surface area contributed by atoms with E-state index >= 15 is 0 Å². The lowest BCUT2D eigenvalue weighted by molar-refractivity contribution is -0.357. The molecule has 1 saturated heterocycles. The summed E-state index contributed by atoms with van der Waals surface area (Å²) in [5, 5.41) is 36.1. The summed E-state index contributed by atoms with van der Waals surface area (Å²) in [6.07, 6.45) is -0.719. The SMILES string of the molecule is C=C[C@]1(C)C[C@@]2(O)[C@H](CC1=O)C13CO[C@@](O)([C@H]1[C@@](C)(COC(=O)c1ccccc1)CC[C@H]3O)[C@H]2OC(C)=O. The van der Waals surface area contributed by atoms with Crippen molar-refractivity contribution in [3.8, 4) is 0 Å². The van der Waals surface area contributed by atoms with Crippen molar-refractivity contribution in [3.63, 3.8) is 0 Å². The summed E-state index contributed by atoms with van der Waals surface area (Å²) in [5.74, 6) is -5.42. The lowest BCUT2D eigenvalue weighted by atomic mass is 9.39. The average Bonchev–Trinajstić information content (AvgIpc) is 3.19. The van der Waals surface area contributed by atoms with Gasteiger partial charge in [0.1, 0.15) is 11.4 Å². The van der Waals surface area contributed by atoms with Crippen LogP contribution in [-0.4, -0.2) is 69.9 Å². The first-order chi connectivity index (χ1) is 17.8. The molecule has 9 atom stereocenters. The Hall–Kier alpha value is -2.59. The van der Waals surface area contributed by atoms with Crippen molar-refractivity contribution in [3.05, 3.63) is 48.6 Å². The molecule has 5 rings (SSSR count). The zero-order valence-electron chi connectivity index (χ0n) is 22.0. The van der Waals surface area contributed by atoms with Crippen LogP contribution in [0.1, 0.15) is 56.8 Å². The van der Waals surface area contributed by atoms with E-state index in [9.17, 15) is 29.7 Å². The van der Waals surface area contributed by atoms with Gasteiger partial charge in [-0.3, -0.25) is 9.59 Å². The number of carbonyl (C=O) groups excluding carboxylic acids is 3. The van der Waals surface area contributed by atoms with Crippen molar-refractivity contribution in [1.29, 1.82) is 0 Å². The normalized spacial score (nSPS) is 45.5. The van der Waals surface area contributed by atoms with Crippen LogP contribution in [0.2, 0.25) is 0 Å². The molecule has 206 valence electrons. The number of carbonyl (C=O) groups is 3. The number of benzene rings is 1. The number of ether oxygens (including phenoxy) is 3. The zero-order chi connectivity index (χ0) is 27.7. The molecule has 1 heterocycles. The molecular weight excluding hydrogens is 492 g/mol. The third-order valence-electron chi connectivity index (χ3n) is 9.85. The number of esters is 2. The van der Waals surface area contributed by atoms with Gasteiger partial charge in [0.25, 0.3) is 0 Å². The topological polar surface area (TPSA) is 140 Å². The summed E-state index contributed by atoms with van der Waals surface area (Å²) in [4.78, 5) is 38.5. The third-order valence-corrected chi connectivity index (χ3v) is 9.85. The average molecular weight is 529 g/mol. The van der Waals surface area contributed by atoms with Gasteiger partial charge in [0, 0.05) is 41.4 Å². The number of hydrogen-bond donors (Lipinski definition) is 3. The highest BCUT2D eigenvalue weighted by Gasteiger charge is 2.83. The fourth-order valence-electron chi connectivity index (χ4n) is 8.15. The maximum Gasteiger partial charge on any atom is 0.338 e. The molecule has 0 spiro atoms. The standard InChI is InChI=1S/C29H36O9/c1-5-25(3)14-28(34)19(13-21(25)32)27-16-37-29(35,24(28)38-17(2)30)23(27)26(4,12-11-20(27)31)15-36-22(33)18-9-7-6-8-10-18/h5-10,19-20,23-24,31,34-35H,1,11-16H2,2-4H3/t19-,20-,23+,24+,25-,26-,27?,28-,29+/m1/s1. The molecule has 3 saturated carbocycles. The van der Waals surface area contributed by atoms with E-state index in [0.717, 1.165) is 0 Å². The van der Waals surface area contributed by atoms with Crippen LogP contribution in [0, 0.1) is 28.1 Å². The number of ketones is 1. The minimum atomic E-state index is -2.20. The molecule has 0 aromatic heterocycles. The molecule has 9 heteroatoms. The summed E-state index contributed by atoms with van der Waals surface area (Å²) >= 11 is 0. The Morgan fingerprint density at radius 2 is 1.89 bits per heavy atom. The minimum absolute atomic E-state index is 0.109. The fourth-order valence-corrected chi connectivity index (χ4v) is 8.15. The molecule has 1 aromatic carbocycles. The molecule has 1 unspecified atom stereocenters. The van der Waals surface area contributed by atoms with Crippen molar-refractivity contribution >= 4 is 17.7 Å². The van der Waals surface area contributed by atoms with Gasteiger partial charge in [-0.25, -0.2) is 4.79 Å². The summed E-state index contributed by atoms with van der Waals surface area (Å²) in [6.45, 7) is 8.19. The molecule has 3 aliphatic carbocycles. The van der Waals surface area contributed by atoms with Crippen molar-refractivity contribution in [2.75, 3.05) is 13.2 Å². The predicted molar refractivity (Wildman–Crippen MR) is 133 cm³/mol. The third kappa shape index (κ3) is 3.55. The van der Waals surface area contributed by atoms with Crippen LogP contribution in [-0.2, 0) is 23.8 Å². The van der Waals surface area contributed by atoms with E-state index < -0.39 is 63.6 Å². The first kappa shape index (κ1) is 27.0. The quantitative estimate of drug-likeness (QED) is 0.387. The van der Waals surface area contributed by atoms with Crippen LogP contribution >= 0.6 is 0 Å². The van der Waals surface area contributed by atoms with E-state index in [4.69, 9.17) is 14.2 Å². The molecule has 2 bridgehead atoms. The Morgan fingerprint density at radius 1 is 1.21 bits per heavy atom. The highest BCUT2D eigenvalue weighted by atomic mass is 16.7. The summed E-state index contributed by atoms with van der Waals surface area (Å²) in [6, 6.07) is 8.52. The van der Waals surface area contributed by atoms with Gasteiger partial charge in [0.15, 0.2) is 6.10 Å². The van der Waals surface area contributed by atoms with Crippen LogP contribution in [0.15, 0.2) is 43.0 Å². The molecular formula is C29H36O9. The number of aliphatic hydroxyl groups is 3. The molecule has 0 radical (unpaired) electrons. The van der Waals surface area contributed by atoms with E-state index in [-0.39, 0.29) is 38.3 Å². The molecule has 0 amide bonds. The first-order valence-corrected chi connectivity index (χ1v) is 13.1. The molecule has 1 aliphatic heterocycles. The molecule has 1 aromatic rings. The van der Waals surface area contributed by atoms with Gasteiger partial charge in [0.2, 0.25) is 5.79 Å².